The lowest BCUT2D eigenvalue weighted by atomic mass is 10.1. The molecule has 2 heterocycles. The lowest BCUT2D eigenvalue weighted by molar-refractivity contribution is 0.833. The van der Waals surface area contributed by atoms with Gasteiger partial charge < -0.3 is 4.90 Å². The first-order valence-corrected chi connectivity index (χ1v) is 7.77. The Morgan fingerprint density at radius 3 is 2.35 bits per heavy atom. The summed E-state index contributed by atoms with van der Waals surface area (Å²) in [5.41, 5.74) is 0.978. The maximum Gasteiger partial charge on any atom is 0.159 e. The van der Waals surface area contributed by atoms with Crippen molar-refractivity contribution in [1.29, 1.82) is 0 Å². The van der Waals surface area contributed by atoms with Crippen molar-refractivity contribution in [1.82, 2.24) is 10.2 Å². The van der Waals surface area contributed by atoms with Crippen LogP contribution in [0.3, 0.4) is 0 Å². The molecule has 3 rings (SSSR count). The summed E-state index contributed by atoms with van der Waals surface area (Å²) in [5.74, 6) is 0.978. The molecule has 0 amide bonds. The van der Waals surface area contributed by atoms with E-state index in [1.807, 2.05) is 0 Å². The molecule has 0 saturated heterocycles. The van der Waals surface area contributed by atoms with Crippen LogP contribution >= 0.6 is 11.3 Å². The topological polar surface area (TPSA) is 29.0 Å². The van der Waals surface area contributed by atoms with E-state index in [-0.39, 0.29) is 0 Å². The third-order valence-corrected chi connectivity index (χ3v) is 4.36. The van der Waals surface area contributed by atoms with E-state index in [4.69, 9.17) is 0 Å². The summed E-state index contributed by atoms with van der Waals surface area (Å²) in [5, 5.41) is 13.4. The van der Waals surface area contributed by atoms with Gasteiger partial charge in [0, 0.05) is 23.9 Å². The summed E-state index contributed by atoms with van der Waals surface area (Å²) in [6.45, 7) is 6.17. The highest BCUT2D eigenvalue weighted by molar-refractivity contribution is 7.13. The van der Waals surface area contributed by atoms with E-state index in [1.54, 1.807) is 11.3 Å². The van der Waals surface area contributed by atoms with Gasteiger partial charge in [0.15, 0.2) is 5.82 Å². The fourth-order valence-corrected chi connectivity index (χ4v) is 3.17. The van der Waals surface area contributed by atoms with E-state index in [9.17, 15) is 0 Å². The molecule has 0 bridgehead atoms. The number of anilines is 1. The molecule has 0 unspecified atom stereocenters. The molecule has 0 N–H and O–H groups in total. The average molecular weight is 283 g/mol. The quantitative estimate of drug-likeness (QED) is 0.718. The number of fused-ring (bicyclic) bond motifs is 1. The fraction of sp³-hybridized carbons (Fsp3) is 0.250. The summed E-state index contributed by atoms with van der Waals surface area (Å²) in [6, 6.07) is 12.5. The lowest BCUT2D eigenvalue weighted by Gasteiger charge is -2.21. The zero-order valence-electron chi connectivity index (χ0n) is 11.7. The minimum absolute atomic E-state index is 0.938. The first-order chi connectivity index (χ1) is 9.85. The number of benzene rings is 1. The molecule has 0 fully saturated rings. The normalized spacial score (nSPS) is 10.9. The number of rotatable bonds is 4. The molecular formula is C16H17N3S. The van der Waals surface area contributed by atoms with Crippen molar-refractivity contribution >= 4 is 27.9 Å². The van der Waals surface area contributed by atoms with Gasteiger partial charge in [-0.2, -0.15) is 0 Å². The highest BCUT2D eigenvalue weighted by Crippen LogP contribution is 2.33. The van der Waals surface area contributed by atoms with Crippen molar-refractivity contribution in [3.05, 3.63) is 41.8 Å². The van der Waals surface area contributed by atoms with Gasteiger partial charge in [-0.15, -0.1) is 21.5 Å². The Morgan fingerprint density at radius 1 is 0.950 bits per heavy atom. The van der Waals surface area contributed by atoms with Crippen LogP contribution in [0.1, 0.15) is 13.8 Å². The van der Waals surface area contributed by atoms with E-state index in [0.717, 1.165) is 24.6 Å². The van der Waals surface area contributed by atoms with Gasteiger partial charge in [0.25, 0.3) is 0 Å². The number of hydrogen-bond donors (Lipinski definition) is 0. The molecule has 102 valence electrons. The van der Waals surface area contributed by atoms with Gasteiger partial charge in [-0.25, -0.2) is 0 Å². The van der Waals surface area contributed by atoms with Crippen molar-refractivity contribution in [2.45, 2.75) is 13.8 Å². The van der Waals surface area contributed by atoms with Crippen LogP contribution in [0.15, 0.2) is 41.8 Å². The molecule has 0 radical (unpaired) electrons. The van der Waals surface area contributed by atoms with Crippen LogP contribution in [0.25, 0.3) is 21.3 Å². The molecule has 3 nitrogen and oxygen atoms in total. The zero-order chi connectivity index (χ0) is 13.9. The SMILES string of the molecule is CCN(CC)c1nnc(-c2cccs2)c2ccccc12. The fourth-order valence-electron chi connectivity index (χ4n) is 2.44. The number of aromatic nitrogens is 2. The highest BCUT2D eigenvalue weighted by Gasteiger charge is 2.14. The number of thiophene rings is 1. The van der Waals surface area contributed by atoms with Crippen molar-refractivity contribution in [3.63, 3.8) is 0 Å². The summed E-state index contributed by atoms with van der Waals surface area (Å²) >= 11 is 1.70. The standard InChI is InChI=1S/C16H17N3S/c1-3-19(4-2)16-13-9-6-5-8-12(13)15(17-18-16)14-10-7-11-20-14/h5-11H,3-4H2,1-2H3. The molecule has 0 aliphatic rings. The Kier molecular flexibility index (Phi) is 3.65. The molecule has 0 aliphatic carbocycles. The summed E-state index contributed by atoms with van der Waals surface area (Å²) in [7, 11) is 0. The lowest BCUT2D eigenvalue weighted by Crippen LogP contribution is -2.23. The second-order valence-corrected chi connectivity index (χ2v) is 5.52. The molecule has 0 aliphatic heterocycles. The van der Waals surface area contributed by atoms with Crippen LogP contribution < -0.4 is 4.90 Å². The van der Waals surface area contributed by atoms with Crippen LogP contribution in [0.2, 0.25) is 0 Å². The summed E-state index contributed by atoms with van der Waals surface area (Å²) in [6.07, 6.45) is 0. The van der Waals surface area contributed by atoms with Crippen molar-refractivity contribution in [2.75, 3.05) is 18.0 Å². The molecule has 3 aromatic rings. The Morgan fingerprint density at radius 2 is 1.70 bits per heavy atom. The Balaban J connectivity index is 2.25. The largest absolute Gasteiger partial charge is 0.355 e. The van der Waals surface area contributed by atoms with E-state index in [1.165, 1.54) is 15.6 Å². The monoisotopic (exact) mass is 283 g/mol. The maximum absolute atomic E-state index is 4.49. The zero-order valence-corrected chi connectivity index (χ0v) is 12.5. The van der Waals surface area contributed by atoms with Crippen molar-refractivity contribution in [3.8, 4) is 10.6 Å². The second kappa shape index (κ2) is 5.59. The summed E-state index contributed by atoms with van der Waals surface area (Å²) in [4.78, 5) is 3.41. The van der Waals surface area contributed by atoms with Gasteiger partial charge in [0.05, 0.1) is 4.88 Å². The van der Waals surface area contributed by atoms with E-state index < -0.39 is 0 Å². The molecular weight excluding hydrogens is 266 g/mol. The van der Waals surface area contributed by atoms with Gasteiger partial charge in [0.2, 0.25) is 0 Å². The third-order valence-electron chi connectivity index (χ3n) is 3.49. The van der Waals surface area contributed by atoms with E-state index in [0.29, 0.717) is 0 Å². The third kappa shape index (κ3) is 2.16. The summed E-state index contributed by atoms with van der Waals surface area (Å²) < 4.78 is 0. The first-order valence-electron chi connectivity index (χ1n) is 6.89. The molecule has 2 aromatic heterocycles. The maximum atomic E-state index is 4.49. The molecule has 0 atom stereocenters. The first kappa shape index (κ1) is 13.1. The minimum atomic E-state index is 0.938. The molecule has 0 saturated carbocycles. The van der Waals surface area contributed by atoms with Gasteiger partial charge in [-0.1, -0.05) is 30.3 Å². The number of hydrogen-bond acceptors (Lipinski definition) is 4. The van der Waals surface area contributed by atoms with E-state index in [2.05, 4.69) is 70.7 Å². The van der Waals surface area contributed by atoms with Gasteiger partial charge in [-0.3, -0.25) is 0 Å². The van der Waals surface area contributed by atoms with E-state index >= 15 is 0 Å². The Bertz CT molecular complexity index is 703. The van der Waals surface area contributed by atoms with Gasteiger partial charge in [0.1, 0.15) is 5.69 Å². The smallest absolute Gasteiger partial charge is 0.159 e. The Labute approximate surface area is 122 Å². The van der Waals surface area contributed by atoms with Gasteiger partial charge in [-0.05, 0) is 25.3 Å². The molecule has 4 heteroatoms. The second-order valence-electron chi connectivity index (χ2n) is 4.57. The van der Waals surface area contributed by atoms with Crippen LogP contribution in [0.5, 0.6) is 0 Å². The molecule has 1 aromatic carbocycles. The average Bonchev–Trinajstić information content (AvgIpc) is 3.02. The predicted molar refractivity (Wildman–Crippen MR) is 86.4 cm³/mol. The molecule has 20 heavy (non-hydrogen) atoms. The molecule has 0 spiro atoms. The van der Waals surface area contributed by atoms with Crippen LogP contribution in [0, 0.1) is 0 Å². The van der Waals surface area contributed by atoms with Gasteiger partial charge >= 0.3 is 0 Å². The number of nitrogens with zero attached hydrogens (tertiary/aromatic N) is 3. The Hall–Kier alpha value is -1.94. The van der Waals surface area contributed by atoms with Crippen LogP contribution in [-0.4, -0.2) is 23.3 Å². The van der Waals surface area contributed by atoms with Crippen molar-refractivity contribution in [2.24, 2.45) is 0 Å². The van der Waals surface area contributed by atoms with Crippen molar-refractivity contribution < 1.29 is 0 Å². The highest BCUT2D eigenvalue weighted by atomic mass is 32.1. The predicted octanol–water partition coefficient (Wildman–Crippen LogP) is 4.20. The van der Waals surface area contributed by atoms with Crippen LogP contribution in [0.4, 0.5) is 5.82 Å². The van der Waals surface area contributed by atoms with Crippen LogP contribution in [-0.2, 0) is 0 Å². The minimum Gasteiger partial charge on any atom is -0.355 e.